The van der Waals surface area contributed by atoms with Gasteiger partial charge in [0.25, 0.3) is 0 Å². The molecule has 0 amide bonds. The first-order valence-electron chi connectivity index (χ1n) is 7.61. The van der Waals surface area contributed by atoms with Crippen molar-refractivity contribution in [2.24, 2.45) is 11.8 Å². The van der Waals surface area contributed by atoms with Gasteiger partial charge in [0.05, 0.1) is 0 Å². The van der Waals surface area contributed by atoms with Crippen LogP contribution in [0.15, 0.2) is 22.7 Å². The van der Waals surface area contributed by atoms with Crippen molar-refractivity contribution in [1.29, 1.82) is 0 Å². The van der Waals surface area contributed by atoms with Crippen molar-refractivity contribution in [2.45, 2.75) is 52.5 Å². The summed E-state index contributed by atoms with van der Waals surface area (Å²) in [4.78, 5) is 0. The second kappa shape index (κ2) is 6.90. The molecule has 1 aliphatic rings. The summed E-state index contributed by atoms with van der Waals surface area (Å²) in [6, 6.07) is 7.36. The number of hydrogen-bond acceptors (Lipinski definition) is 1. The summed E-state index contributed by atoms with van der Waals surface area (Å²) < 4.78 is 1.23. The lowest BCUT2D eigenvalue weighted by Gasteiger charge is -2.33. The van der Waals surface area contributed by atoms with Crippen molar-refractivity contribution in [3.05, 3.63) is 33.8 Å². The highest BCUT2D eigenvalue weighted by Gasteiger charge is 2.26. The van der Waals surface area contributed by atoms with E-state index in [1.165, 1.54) is 41.3 Å². The smallest absolute Gasteiger partial charge is 0.0348 e. The lowest BCUT2D eigenvalue weighted by atomic mass is 9.77. The van der Waals surface area contributed by atoms with Crippen LogP contribution in [0, 0.1) is 18.8 Å². The number of nitrogens with one attached hydrogen (secondary N) is 1. The Labute approximate surface area is 126 Å². The molecule has 0 spiro atoms. The highest BCUT2D eigenvalue weighted by atomic mass is 79.9. The Bertz CT molecular complexity index is 408. The maximum absolute atomic E-state index is 3.71. The van der Waals surface area contributed by atoms with Crippen molar-refractivity contribution < 1.29 is 0 Å². The Morgan fingerprint density at radius 2 is 1.95 bits per heavy atom. The van der Waals surface area contributed by atoms with Gasteiger partial charge in [0.2, 0.25) is 0 Å². The van der Waals surface area contributed by atoms with E-state index in [2.05, 4.69) is 60.2 Å². The molecule has 1 atom stereocenters. The first kappa shape index (κ1) is 15.1. The van der Waals surface area contributed by atoms with Gasteiger partial charge in [-0.1, -0.05) is 54.8 Å². The van der Waals surface area contributed by atoms with Crippen LogP contribution < -0.4 is 5.32 Å². The quantitative estimate of drug-likeness (QED) is 0.799. The third kappa shape index (κ3) is 3.82. The van der Waals surface area contributed by atoms with Gasteiger partial charge < -0.3 is 5.32 Å². The fraction of sp³-hybridized carbons (Fsp3) is 0.647. The van der Waals surface area contributed by atoms with E-state index in [4.69, 9.17) is 0 Å². The minimum absolute atomic E-state index is 0.523. The van der Waals surface area contributed by atoms with E-state index in [0.717, 1.165) is 18.4 Å². The zero-order valence-electron chi connectivity index (χ0n) is 12.4. The molecule has 1 aliphatic carbocycles. The summed E-state index contributed by atoms with van der Waals surface area (Å²) >= 11 is 3.67. The van der Waals surface area contributed by atoms with Gasteiger partial charge in [0, 0.05) is 10.5 Å². The number of halogens is 1. The Hall–Kier alpha value is -0.340. The molecule has 106 valence electrons. The van der Waals surface area contributed by atoms with E-state index in [1.54, 1.807) is 0 Å². The second-order valence-corrected chi connectivity index (χ2v) is 6.92. The van der Waals surface area contributed by atoms with Crippen LogP contribution in [0.4, 0.5) is 0 Å². The van der Waals surface area contributed by atoms with Gasteiger partial charge in [-0.3, -0.25) is 0 Å². The average molecular weight is 324 g/mol. The molecular weight excluding hydrogens is 298 g/mol. The molecular formula is C17H26BrN. The van der Waals surface area contributed by atoms with Crippen molar-refractivity contribution in [1.82, 2.24) is 5.32 Å². The predicted molar refractivity (Wildman–Crippen MR) is 86.4 cm³/mol. The van der Waals surface area contributed by atoms with E-state index < -0.39 is 0 Å². The van der Waals surface area contributed by atoms with Gasteiger partial charge in [-0.05, 0) is 55.3 Å². The van der Waals surface area contributed by atoms with Crippen LogP contribution in [0.1, 0.15) is 56.7 Å². The molecule has 0 aliphatic heterocycles. The number of benzene rings is 1. The Morgan fingerprint density at radius 3 is 2.53 bits per heavy atom. The topological polar surface area (TPSA) is 12.0 Å². The van der Waals surface area contributed by atoms with E-state index >= 15 is 0 Å². The molecule has 2 heteroatoms. The standard InChI is InChI=1S/C17H26BrN/c1-4-19-17(14-8-5-12(2)6-9-14)15-10-7-13(3)16(18)11-15/h7,10-12,14,17,19H,4-6,8-9H2,1-3H3. The van der Waals surface area contributed by atoms with Crippen LogP contribution in [0.3, 0.4) is 0 Å². The molecule has 0 heterocycles. The highest BCUT2D eigenvalue weighted by molar-refractivity contribution is 9.10. The summed E-state index contributed by atoms with van der Waals surface area (Å²) in [5, 5.41) is 3.71. The monoisotopic (exact) mass is 323 g/mol. The van der Waals surface area contributed by atoms with E-state index in [1.807, 2.05) is 0 Å². The van der Waals surface area contributed by atoms with Gasteiger partial charge in [0.15, 0.2) is 0 Å². The molecule has 2 rings (SSSR count). The van der Waals surface area contributed by atoms with Gasteiger partial charge in [-0.15, -0.1) is 0 Å². The predicted octanol–water partition coefficient (Wildman–Crippen LogP) is 5.23. The lowest BCUT2D eigenvalue weighted by molar-refractivity contribution is 0.233. The minimum Gasteiger partial charge on any atom is -0.310 e. The van der Waals surface area contributed by atoms with Crippen LogP contribution in [0.25, 0.3) is 0 Å². The van der Waals surface area contributed by atoms with Crippen LogP contribution >= 0.6 is 15.9 Å². The Morgan fingerprint density at radius 1 is 1.26 bits per heavy atom. The zero-order chi connectivity index (χ0) is 13.8. The summed E-state index contributed by atoms with van der Waals surface area (Å²) in [7, 11) is 0. The Balaban J connectivity index is 2.16. The molecule has 0 radical (unpaired) electrons. The Kier molecular flexibility index (Phi) is 5.47. The molecule has 1 aromatic rings. The largest absolute Gasteiger partial charge is 0.310 e. The summed E-state index contributed by atoms with van der Waals surface area (Å²) in [6.45, 7) is 7.79. The molecule has 1 N–H and O–H groups in total. The van der Waals surface area contributed by atoms with Crippen LogP contribution in [0.5, 0.6) is 0 Å². The highest BCUT2D eigenvalue weighted by Crippen LogP contribution is 2.37. The van der Waals surface area contributed by atoms with Gasteiger partial charge in [0.1, 0.15) is 0 Å². The third-order valence-electron chi connectivity index (χ3n) is 4.51. The molecule has 0 bridgehead atoms. The van der Waals surface area contributed by atoms with Crippen LogP contribution in [-0.2, 0) is 0 Å². The maximum Gasteiger partial charge on any atom is 0.0348 e. The lowest BCUT2D eigenvalue weighted by Crippen LogP contribution is -2.30. The first-order valence-corrected chi connectivity index (χ1v) is 8.40. The molecule has 1 nitrogen and oxygen atoms in total. The van der Waals surface area contributed by atoms with E-state index in [9.17, 15) is 0 Å². The summed E-state index contributed by atoms with van der Waals surface area (Å²) in [6.07, 6.45) is 5.51. The van der Waals surface area contributed by atoms with Gasteiger partial charge in [-0.25, -0.2) is 0 Å². The third-order valence-corrected chi connectivity index (χ3v) is 5.37. The molecule has 19 heavy (non-hydrogen) atoms. The minimum atomic E-state index is 0.523. The van der Waals surface area contributed by atoms with Crippen LogP contribution in [0.2, 0.25) is 0 Å². The fourth-order valence-corrected chi connectivity index (χ4v) is 3.59. The second-order valence-electron chi connectivity index (χ2n) is 6.06. The fourth-order valence-electron chi connectivity index (χ4n) is 3.20. The number of hydrogen-bond donors (Lipinski definition) is 1. The molecule has 1 aromatic carbocycles. The zero-order valence-corrected chi connectivity index (χ0v) is 14.0. The van der Waals surface area contributed by atoms with Crippen LogP contribution in [-0.4, -0.2) is 6.54 Å². The van der Waals surface area contributed by atoms with Crippen molar-refractivity contribution in [3.8, 4) is 0 Å². The molecule has 1 fully saturated rings. The molecule has 1 saturated carbocycles. The van der Waals surface area contributed by atoms with Gasteiger partial charge >= 0.3 is 0 Å². The number of aryl methyl sites for hydroxylation is 1. The summed E-state index contributed by atoms with van der Waals surface area (Å²) in [5.74, 6) is 1.72. The first-order chi connectivity index (χ1) is 9.11. The van der Waals surface area contributed by atoms with Crippen molar-refractivity contribution in [2.75, 3.05) is 6.54 Å². The van der Waals surface area contributed by atoms with E-state index in [0.29, 0.717) is 6.04 Å². The van der Waals surface area contributed by atoms with Gasteiger partial charge in [-0.2, -0.15) is 0 Å². The normalized spacial score (nSPS) is 25.3. The maximum atomic E-state index is 3.71. The number of rotatable bonds is 4. The van der Waals surface area contributed by atoms with Crippen molar-refractivity contribution in [3.63, 3.8) is 0 Å². The summed E-state index contributed by atoms with van der Waals surface area (Å²) in [5.41, 5.74) is 2.76. The van der Waals surface area contributed by atoms with Crippen molar-refractivity contribution >= 4 is 15.9 Å². The molecule has 0 saturated heterocycles. The molecule has 0 aromatic heterocycles. The molecule has 1 unspecified atom stereocenters. The van der Waals surface area contributed by atoms with E-state index in [-0.39, 0.29) is 0 Å². The average Bonchev–Trinajstić information content (AvgIpc) is 2.41. The SMILES string of the molecule is CCNC(c1ccc(C)c(Br)c1)C1CCC(C)CC1.